The Labute approximate surface area is 152 Å². The number of hydrogen-bond acceptors (Lipinski definition) is 6. The Kier molecular flexibility index (Phi) is 5.22. The predicted molar refractivity (Wildman–Crippen MR) is 104 cm³/mol. The number of anilines is 1. The molecule has 0 bridgehead atoms. The number of hydrazone groups is 1. The molecule has 0 saturated carbocycles. The molecule has 0 spiro atoms. The van der Waals surface area contributed by atoms with Gasteiger partial charge in [-0.2, -0.15) is 5.10 Å². The summed E-state index contributed by atoms with van der Waals surface area (Å²) >= 11 is 0. The van der Waals surface area contributed by atoms with Gasteiger partial charge in [0, 0.05) is 10.9 Å². The van der Waals surface area contributed by atoms with E-state index in [1.165, 1.54) is 0 Å². The first kappa shape index (κ1) is 17.5. The van der Waals surface area contributed by atoms with Crippen molar-refractivity contribution in [3.05, 3.63) is 53.6 Å². The minimum atomic E-state index is 0.548. The molecule has 6 heteroatoms. The minimum Gasteiger partial charge on any atom is -0.493 e. The monoisotopic (exact) mass is 351 g/mol. The van der Waals surface area contributed by atoms with Crippen molar-refractivity contribution in [2.24, 2.45) is 5.10 Å². The maximum atomic E-state index is 5.35. The molecule has 1 N–H and O–H groups in total. The van der Waals surface area contributed by atoms with Gasteiger partial charge in [-0.1, -0.05) is 18.2 Å². The Balaban J connectivity index is 1.85. The lowest BCUT2D eigenvalue weighted by molar-refractivity contribution is 0.324. The second kappa shape index (κ2) is 7.74. The molecule has 1 aromatic heterocycles. The van der Waals surface area contributed by atoms with Crippen molar-refractivity contribution in [3.63, 3.8) is 0 Å². The van der Waals surface area contributed by atoms with Gasteiger partial charge in [-0.05, 0) is 36.8 Å². The molecular weight excluding hydrogens is 330 g/mol. The van der Waals surface area contributed by atoms with Gasteiger partial charge >= 0.3 is 0 Å². The van der Waals surface area contributed by atoms with Crippen LogP contribution in [0.1, 0.15) is 11.1 Å². The van der Waals surface area contributed by atoms with Gasteiger partial charge in [0.15, 0.2) is 11.5 Å². The van der Waals surface area contributed by atoms with Gasteiger partial charge in [0.05, 0.1) is 33.1 Å². The lowest BCUT2D eigenvalue weighted by Gasteiger charge is -2.12. The van der Waals surface area contributed by atoms with E-state index >= 15 is 0 Å². The van der Waals surface area contributed by atoms with Crippen LogP contribution in [0, 0.1) is 6.92 Å². The van der Waals surface area contributed by atoms with Gasteiger partial charge in [-0.3, -0.25) is 5.43 Å². The van der Waals surface area contributed by atoms with Crippen molar-refractivity contribution in [1.29, 1.82) is 0 Å². The number of fused-ring (bicyclic) bond motifs is 1. The Morgan fingerprint density at radius 1 is 0.962 bits per heavy atom. The molecule has 0 fully saturated rings. The van der Waals surface area contributed by atoms with Crippen LogP contribution in [0.3, 0.4) is 0 Å². The molecule has 0 amide bonds. The zero-order valence-corrected chi connectivity index (χ0v) is 15.2. The average molecular weight is 351 g/mol. The fourth-order valence-electron chi connectivity index (χ4n) is 2.76. The molecule has 6 nitrogen and oxygen atoms in total. The van der Waals surface area contributed by atoms with E-state index in [1.807, 2.05) is 36.4 Å². The number of rotatable bonds is 6. The van der Waals surface area contributed by atoms with Gasteiger partial charge in [0.1, 0.15) is 5.82 Å². The van der Waals surface area contributed by atoms with E-state index in [4.69, 9.17) is 14.2 Å². The predicted octanol–water partition coefficient (Wildman–Crippen LogP) is 4.02. The normalized spacial score (nSPS) is 10.9. The summed E-state index contributed by atoms with van der Waals surface area (Å²) in [7, 11) is 4.74. The lowest BCUT2D eigenvalue weighted by Crippen LogP contribution is -1.98. The number of pyridine rings is 1. The summed E-state index contributed by atoms with van der Waals surface area (Å²) in [6.07, 6.45) is 1.68. The van der Waals surface area contributed by atoms with Crippen LogP contribution in [0.15, 0.2) is 47.6 Å². The number of nitrogens with one attached hydrogen (secondary N) is 1. The van der Waals surface area contributed by atoms with Gasteiger partial charge in [-0.15, -0.1) is 0 Å². The van der Waals surface area contributed by atoms with Crippen LogP contribution >= 0.6 is 0 Å². The zero-order valence-electron chi connectivity index (χ0n) is 15.2. The average Bonchev–Trinajstić information content (AvgIpc) is 2.67. The highest BCUT2D eigenvalue weighted by Gasteiger charge is 2.12. The van der Waals surface area contributed by atoms with Gasteiger partial charge < -0.3 is 14.2 Å². The van der Waals surface area contributed by atoms with E-state index in [9.17, 15) is 0 Å². The first-order valence-electron chi connectivity index (χ1n) is 8.11. The maximum Gasteiger partial charge on any atom is 0.203 e. The summed E-state index contributed by atoms with van der Waals surface area (Å²) in [5.74, 6) is 2.39. The highest BCUT2D eigenvalue weighted by molar-refractivity contribution is 5.85. The third kappa shape index (κ3) is 3.54. The summed E-state index contributed by atoms with van der Waals surface area (Å²) < 4.78 is 16.0. The van der Waals surface area contributed by atoms with Crippen molar-refractivity contribution in [2.75, 3.05) is 26.8 Å². The molecule has 134 valence electrons. The van der Waals surface area contributed by atoms with Crippen LogP contribution in [0.2, 0.25) is 0 Å². The summed E-state index contributed by atoms with van der Waals surface area (Å²) in [5.41, 5.74) is 5.85. The third-order valence-corrected chi connectivity index (χ3v) is 4.00. The second-order valence-corrected chi connectivity index (χ2v) is 5.67. The van der Waals surface area contributed by atoms with Gasteiger partial charge in [0.2, 0.25) is 5.75 Å². The second-order valence-electron chi connectivity index (χ2n) is 5.67. The van der Waals surface area contributed by atoms with Gasteiger partial charge in [-0.25, -0.2) is 4.98 Å². The van der Waals surface area contributed by atoms with E-state index in [-0.39, 0.29) is 0 Å². The quantitative estimate of drug-likeness (QED) is 0.537. The van der Waals surface area contributed by atoms with E-state index in [1.54, 1.807) is 27.5 Å². The van der Waals surface area contributed by atoms with Crippen LogP contribution in [0.5, 0.6) is 17.2 Å². The molecule has 0 aliphatic carbocycles. The first-order valence-corrected chi connectivity index (χ1v) is 8.11. The fourth-order valence-corrected chi connectivity index (χ4v) is 2.76. The smallest absolute Gasteiger partial charge is 0.203 e. The van der Waals surface area contributed by atoms with E-state index in [0.29, 0.717) is 23.1 Å². The number of methoxy groups -OCH3 is 3. The molecular formula is C20H21N3O3. The molecule has 3 rings (SSSR count). The molecule has 0 saturated heterocycles. The number of aromatic nitrogens is 1. The highest BCUT2D eigenvalue weighted by atomic mass is 16.5. The molecule has 26 heavy (non-hydrogen) atoms. The molecule has 0 unspecified atom stereocenters. The van der Waals surface area contributed by atoms with Crippen molar-refractivity contribution >= 4 is 22.9 Å². The standard InChI is InChI=1S/C20H21N3O3/c1-13-9-19(22-16-8-6-5-7-15(13)16)23-21-12-14-10-17(24-2)20(26-4)18(11-14)25-3/h5-12H,1-4H3,(H,22,23)/b21-12+. The molecule has 0 aliphatic heterocycles. The molecule has 0 radical (unpaired) electrons. The number of aryl methyl sites for hydroxylation is 1. The summed E-state index contributed by atoms with van der Waals surface area (Å²) in [6, 6.07) is 13.6. The highest BCUT2D eigenvalue weighted by Crippen LogP contribution is 2.37. The van der Waals surface area contributed by atoms with Crippen molar-refractivity contribution in [2.45, 2.75) is 6.92 Å². The van der Waals surface area contributed by atoms with E-state index in [0.717, 1.165) is 22.0 Å². The molecule has 0 atom stereocenters. The number of para-hydroxylation sites is 1. The molecule has 1 heterocycles. The molecule has 2 aromatic carbocycles. The Hall–Kier alpha value is -3.28. The first-order chi connectivity index (χ1) is 12.7. The SMILES string of the molecule is COc1cc(/C=N/Nc2cc(C)c3ccccc3n2)cc(OC)c1OC. The van der Waals surface area contributed by atoms with Crippen LogP contribution < -0.4 is 19.6 Å². The van der Waals surface area contributed by atoms with E-state index < -0.39 is 0 Å². The largest absolute Gasteiger partial charge is 0.493 e. The topological polar surface area (TPSA) is 65.0 Å². The maximum absolute atomic E-state index is 5.35. The van der Waals surface area contributed by atoms with Crippen LogP contribution in [0.25, 0.3) is 10.9 Å². The summed E-state index contributed by atoms with van der Waals surface area (Å²) in [4.78, 5) is 4.57. The van der Waals surface area contributed by atoms with Crippen molar-refractivity contribution in [1.82, 2.24) is 4.98 Å². The van der Waals surface area contributed by atoms with Crippen LogP contribution in [-0.2, 0) is 0 Å². The zero-order chi connectivity index (χ0) is 18.5. The Morgan fingerprint density at radius 3 is 2.31 bits per heavy atom. The van der Waals surface area contributed by atoms with Crippen molar-refractivity contribution < 1.29 is 14.2 Å². The van der Waals surface area contributed by atoms with Crippen LogP contribution in [0.4, 0.5) is 5.82 Å². The number of benzene rings is 2. The van der Waals surface area contributed by atoms with Crippen LogP contribution in [-0.4, -0.2) is 32.5 Å². The Bertz CT molecular complexity index is 929. The molecule has 0 aliphatic rings. The number of nitrogens with zero attached hydrogens (tertiary/aromatic N) is 2. The number of ether oxygens (including phenoxy) is 3. The number of hydrogen-bond donors (Lipinski definition) is 1. The summed E-state index contributed by atoms with van der Waals surface area (Å²) in [5, 5.41) is 5.41. The third-order valence-electron chi connectivity index (χ3n) is 4.00. The van der Waals surface area contributed by atoms with E-state index in [2.05, 4.69) is 28.5 Å². The minimum absolute atomic E-state index is 0.548. The summed E-state index contributed by atoms with van der Waals surface area (Å²) in [6.45, 7) is 2.05. The fraction of sp³-hybridized carbons (Fsp3) is 0.200. The molecule has 3 aromatic rings. The lowest BCUT2D eigenvalue weighted by atomic mass is 10.1. The van der Waals surface area contributed by atoms with Crippen molar-refractivity contribution in [3.8, 4) is 17.2 Å². The Morgan fingerprint density at radius 2 is 1.65 bits per heavy atom. The van der Waals surface area contributed by atoms with Gasteiger partial charge in [0.25, 0.3) is 0 Å².